The third-order valence-corrected chi connectivity index (χ3v) is 2.97. The van der Waals surface area contributed by atoms with E-state index in [1.165, 1.54) is 0 Å². The Morgan fingerprint density at radius 3 is 2.76 bits per heavy atom. The first-order chi connectivity index (χ1) is 10.1. The van der Waals surface area contributed by atoms with Crippen LogP contribution in [-0.4, -0.2) is 14.8 Å². The molecule has 0 radical (unpaired) electrons. The number of hydrogen-bond donors (Lipinski definition) is 1. The minimum Gasteiger partial charge on any atom is -0.399 e. The van der Waals surface area contributed by atoms with Crippen LogP contribution in [0.3, 0.4) is 0 Å². The highest BCUT2D eigenvalue weighted by Gasteiger charge is 2.13. The molecule has 0 bridgehead atoms. The van der Waals surface area contributed by atoms with E-state index in [1.807, 2.05) is 17.7 Å². The molecule has 0 unspecified atom stereocenters. The molecule has 1 heterocycles. The molecule has 5 heteroatoms. The van der Waals surface area contributed by atoms with Crippen molar-refractivity contribution in [3.8, 4) is 17.5 Å². The molecule has 21 heavy (non-hydrogen) atoms. The standard InChI is InChI=1S/C16H15N5/c1-4-13(7-11(2)18)15-8-12(9-17)5-6-14(15)16-20-19-10-21(16)3/h4-8,10H,1-2,18H2,3H3/b13-7+. The molecule has 0 fully saturated rings. The number of nitrogens with zero attached hydrogens (tertiary/aromatic N) is 4. The Kier molecular flexibility index (Phi) is 4.00. The number of hydrogen-bond acceptors (Lipinski definition) is 4. The highest BCUT2D eigenvalue weighted by Crippen LogP contribution is 2.29. The van der Waals surface area contributed by atoms with E-state index >= 15 is 0 Å². The molecule has 1 aromatic heterocycles. The van der Waals surface area contributed by atoms with Crippen LogP contribution in [0, 0.1) is 11.3 Å². The lowest BCUT2D eigenvalue weighted by molar-refractivity contribution is 0.919. The average molecular weight is 277 g/mol. The third-order valence-electron chi connectivity index (χ3n) is 2.97. The van der Waals surface area contributed by atoms with Crippen molar-refractivity contribution in [1.82, 2.24) is 14.8 Å². The second-order valence-corrected chi connectivity index (χ2v) is 4.52. The van der Waals surface area contributed by atoms with E-state index in [9.17, 15) is 0 Å². The Labute approximate surface area is 123 Å². The first-order valence-corrected chi connectivity index (χ1v) is 6.24. The van der Waals surface area contributed by atoms with Crippen molar-refractivity contribution in [1.29, 1.82) is 5.26 Å². The molecule has 2 rings (SSSR count). The molecule has 5 nitrogen and oxygen atoms in total. The molecule has 104 valence electrons. The summed E-state index contributed by atoms with van der Waals surface area (Å²) in [5.41, 5.74) is 9.06. The highest BCUT2D eigenvalue weighted by atomic mass is 15.2. The van der Waals surface area contributed by atoms with E-state index < -0.39 is 0 Å². The van der Waals surface area contributed by atoms with Crippen molar-refractivity contribution in [2.24, 2.45) is 12.8 Å². The lowest BCUT2D eigenvalue weighted by Gasteiger charge is -2.11. The van der Waals surface area contributed by atoms with Gasteiger partial charge in [0, 0.05) is 18.3 Å². The van der Waals surface area contributed by atoms with Crippen LogP contribution in [0.25, 0.3) is 17.0 Å². The minimum absolute atomic E-state index is 0.413. The van der Waals surface area contributed by atoms with E-state index in [-0.39, 0.29) is 0 Å². The number of aryl methyl sites for hydroxylation is 1. The Hall–Kier alpha value is -3.13. The Morgan fingerprint density at radius 2 is 2.24 bits per heavy atom. The molecule has 0 spiro atoms. The van der Waals surface area contributed by atoms with E-state index in [4.69, 9.17) is 11.0 Å². The molecular weight excluding hydrogens is 262 g/mol. The van der Waals surface area contributed by atoms with Crippen LogP contribution < -0.4 is 5.73 Å². The molecule has 0 amide bonds. The zero-order valence-electron chi connectivity index (χ0n) is 11.7. The zero-order chi connectivity index (χ0) is 15.4. The van der Waals surface area contributed by atoms with Gasteiger partial charge in [0.05, 0.1) is 11.6 Å². The summed E-state index contributed by atoms with van der Waals surface area (Å²) >= 11 is 0. The number of benzene rings is 1. The predicted molar refractivity (Wildman–Crippen MR) is 82.7 cm³/mol. The number of allylic oxidation sites excluding steroid dienone is 3. The quantitative estimate of drug-likeness (QED) is 0.870. The van der Waals surface area contributed by atoms with Crippen LogP contribution in [0.5, 0.6) is 0 Å². The molecule has 1 aromatic carbocycles. The van der Waals surface area contributed by atoms with Gasteiger partial charge in [-0.25, -0.2) is 0 Å². The molecule has 0 saturated carbocycles. The van der Waals surface area contributed by atoms with Gasteiger partial charge in [-0.15, -0.1) is 10.2 Å². The number of aromatic nitrogens is 3. The summed E-state index contributed by atoms with van der Waals surface area (Å²) in [6.45, 7) is 7.48. The number of rotatable bonds is 4. The summed E-state index contributed by atoms with van der Waals surface area (Å²) in [7, 11) is 1.86. The van der Waals surface area contributed by atoms with Crippen LogP contribution in [-0.2, 0) is 7.05 Å². The van der Waals surface area contributed by atoms with E-state index in [1.54, 1.807) is 30.6 Å². The largest absolute Gasteiger partial charge is 0.399 e. The van der Waals surface area contributed by atoms with E-state index in [0.29, 0.717) is 17.1 Å². The number of nitriles is 1. The third kappa shape index (κ3) is 2.90. The fourth-order valence-electron chi connectivity index (χ4n) is 2.02. The summed E-state index contributed by atoms with van der Waals surface area (Å²) < 4.78 is 1.81. The van der Waals surface area contributed by atoms with Crippen molar-refractivity contribution in [2.45, 2.75) is 0 Å². The second kappa shape index (κ2) is 5.88. The second-order valence-electron chi connectivity index (χ2n) is 4.52. The Balaban J connectivity index is 2.73. The zero-order valence-corrected chi connectivity index (χ0v) is 11.7. The van der Waals surface area contributed by atoms with Crippen LogP contribution in [0.1, 0.15) is 11.1 Å². The topological polar surface area (TPSA) is 80.5 Å². The normalized spacial score (nSPS) is 11.0. The predicted octanol–water partition coefficient (Wildman–Crippen LogP) is 2.40. The molecule has 0 aliphatic carbocycles. The summed E-state index contributed by atoms with van der Waals surface area (Å²) in [6.07, 6.45) is 5.01. The average Bonchev–Trinajstić information content (AvgIpc) is 2.90. The maximum Gasteiger partial charge on any atom is 0.164 e. The lowest BCUT2D eigenvalue weighted by atomic mass is 9.96. The van der Waals surface area contributed by atoms with Gasteiger partial charge in [-0.2, -0.15) is 5.26 Å². The maximum absolute atomic E-state index is 9.10. The molecule has 0 atom stereocenters. The summed E-state index contributed by atoms with van der Waals surface area (Å²) in [4.78, 5) is 0. The summed E-state index contributed by atoms with van der Waals surface area (Å²) in [6, 6.07) is 7.49. The van der Waals surface area contributed by atoms with Crippen LogP contribution >= 0.6 is 0 Å². The Morgan fingerprint density at radius 1 is 1.48 bits per heavy atom. The maximum atomic E-state index is 9.10. The smallest absolute Gasteiger partial charge is 0.164 e. The SMILES string of the molecule is C=C/C(=C\C(=C)N)c1cc(C#N)ccc1-c1nncn1C. The van der Waals surface area contributed by atoms with Gasteiger partial charge in [0.2, 0.25) is 0 Å². The van der Waals surface area contributed by atoms with Gasteiger partial charge in [0.25, 0.3) is 0 Å². The van der Waals surface area contributed by atoms with Crippen molar-refractivity contribution in [3.05, 3.63) is 66.7 Å². The molecular formula is C16H15N5. The fourth-order valence-corrected chi connectivity index (χ4v) is 2.02. The molecule has 0 saturated heterocycles. The van der Waals surface area contributed by atoms with Gasteiger partial charge in [-0.3, -0.25) is 0 Å². The van der Waals surface area contributed by atoms with Crippen LogP contribution in [0.2, 0.25) is 0 Å². The minimum atomic E-state index is 0.413. The van der Waals surface area contributed by atoms with Gasteiger partial charge in [-0.05, 0) is 35.4 Å². The monoisotopic (exact) mass is 277 g/mol. The summed E-state index contributed by atoms with van der Waals surface area (Å²) in [5.74, 6) is 0.699. The lowest BCUT2D eigenvalue weighted by Crippen LogP contribution is -1.98. The summed E-state index contributed by atoms with van der Waals surface area (Å²) in [5, 5.41) is 17.1. The highest BCUT2D eigenvalue weighted by molar-refractivity contribution is 5.85. The van der Waals surface area contributed by atoms with Gasteiger partial charge in [0.1, 0.15) is 6.33 Å². The molecule has 2 aromatic rings. The van der Waals surface area contributed by atoms with E-state index in [2.05, 4.69) is 29.4 Å². The molecule has 0 aliphatic rings. The first kappa shape index (κ1) is 14.3. The van der Waals surface area contributed by atoms with Gasteiger partial charge in [-0.1, -0.05) is 19.2 Å². The Bertz CT molecular complexity index is 774. The van der Waals surface area contributed by atoms with Crippen molar-refractivity contribution >= 4 is 5.57 Å². The van der Waals surface area contributed by atoms with Crippen molar-refractivity contribution in [2.75, 3.05) is 0 Å². The van der Waals surface area contributed by atoms with Gasteiger partial charge in [0.15, 0.2) is 5.82 Å². The van der Waals surface area contributed by atoms with Crippen molar-refractivity contribution < 1.29 is 0 Å². The van der Waals surface area contributed by atoms with Crippen molar-refractivity contribution in [3.63, 3.8) is 0 Å². The first-order valence-electron chi connectivity index (χ1n) is 6.24. The molecule has 2 N–H and O–H groups in total. The van der Waals surface area contributed by atoms with Gasteiger partial charge < -0.3 is 10.3 Å². The van der Waals surface area contributed by atoms with Gasteiger partial charge >= 0.3 is 0 Å². The number of nitrogens with two attached hydrogens (primary N) is 1. The van der Waals surface area contributed by atoms with Crippen LogP contribution in [0.15, 0.2) is 55.5 Å². The fraction of sp³-hybridized carbons (Fsp3) is 0.0625. The van der Waals surface area contributed by atoms with E-state index in [0.717, 1.165) is 16.7 Å². The van der Waals surface area contributed by atoms with Crippen LogP contribution in [0.4, 0.5) is 0 Å². The molecule has 0 aliphatic heterocycles.